The number of aliphatic carboxylic acids is 1. The Labute approximate surface area is 117 Å². The summed E-state index contributed by atoms with van der Waals surface area (Å²) < 4.78 is 5.24. The van der Waals surface area contributed by atoms with Crippen LogP contribution in [0.5, 0.6) is 0 Å². The summed E-state index contributed by atoms with van der Waals surface area (Å²) in [6.07, 6.45) is 1.57. The molecule has 1 unspecified atom stereocenters. The lowest BCUT2D eigenvalue weighted by atomic mass is 10.2. The van der Waals surface area contributed by atoms with E-state index in [1.54, 1.807) is 17.2 Å². The van der Waals surface area contributed by atoms with Gasteiger partial charge in [0.05, 0.1) is 18.8 Å². The standard InChI is InChI=1S/C13H19N3O4/c1-10(11-3-2-8-20-11)14-13(19)16-6-4-15(5-7-16)9-12(17)18/h2-3,8,10H,4-7,9H2,1H3,(H,14,19)(H,17,18). The van der Waals surface area contributed by atoms with Crippen LogP contribution in [0.15, 0.2) is 22.8 Å². The average Bonchev–Trinajstić information content (AvgIpc) is 2.92. The van der Waals surface area contributed by atoms with Crippen molar-refractivity contribution in [1.82, 2.24) is 15.1 Å². The van der Waals surface area contributed by atoms with Crippen LogP contribution in [0.2, 0.25) is 0 Å². The third kappa shape index (κ3) is 3.74. The third-order valence-electron chi connectivity index (χ3n) is 3.33. The van der Waals surface area contributed by atoms with Gasteiger partial charge in [-0.3, -0.25) is 9.69 Å². The number of nitrogens with one attached hydrogen (secondary N) is 1. The molecule has 2 amide bonds. The highest BCUT2D eigenvalue weighted by Crippen LogP contribution is 2.13. The summed E-state index contributed by atoms with van der Waals surface area (Å²) >= 11 is 0. The van der Waals surface area contributed by atoms with Gasteiger partial charge in [0, 0.05) is 26.2 Å². The number of amides is 2. The maximum atomic E-state index is 12.1. The first-order valence-corrected chi connectivity index (χ1v) is 6.59. The van der Waals surface area contributed by atoms with Crippen molar-refractivity contribution < 1.29 is 19.1 Å². The van der Waals surface area contributed by atoms with Gasteiger partial charge in [0.2, 0.25) is 0 Å². The number of carboxylic acid groups (broad SMARTS) is 1. The maximum absolute atomic E-state index is 12.1. The third-order valence-corrected chi connectivity index (χ3v) is 3.33. The van der Waals surface area contributed by atoms with Crippen molar-refractivity contribution in [3.8, 4) is 0 Å². The van der Waals surface area contributed by atoms with Crippen LogP contribution in [0.1, 0.15) is 18.7 Å². The predicted octanol–water partition coefficient (Wildman–Crippen LogP) is 0.752. The molecule has 110 valence electrons. The van der Waals surface area contributed by atoms with Gasteiger partial charge >= 0.3 is 12.0 Å². The van der Waals surface area contributed by atoms with Gasteiger partial charge < -0.3 is 19.7 Å². The van der Waals surface area contributed by atoms with Gasteiger partial charge in [0.15, 0.2) is 0 Å². The number of carboxylic acids is 1. The highest BCUT2D eigenvalue weighted by molar-refractivity contribution is 5.74. The first-order chi connectivity index (χ1) is 9.56. The van der Waals surface area contributed by atoms with Gasteiger partial charge in [-0.25, -0.2) is 4.79 Å². The minimum Gasteiger partial charge on any atom is -0.480 e. The van der Waals surface area contributed by atoms with Gasteiger partial charge in [-0.05, 0) is 19.1 Å². The number of piperazine rings is 1. The molecule has 0 saturated carbocycles. The van der Waals surface area contributed by atoms with E-state index in [1.807, 2.05) is 17.9 Å². The summed E-state index contributed by atoms with van der Waals surface area (Å²) in [6, 6.07) is 3.26. The fourth-order valence-electron chi connectivity index (χ4n) is 2.19. The predicted molar refractivity (Wildman–Crippen MR) is 71.3 cm³/mol. The molecule has 0 aromatic carbocycles. The molecule has 0 bridgehead atoms. The molecule has 2 N–H and O–H groups in total. The molecule has 1 aromatic rings. The molecule has 1 aliphatic rings. The quantitative estimate of drug-likeness (QED) is 0.850. The Kier molecular flexibility index (Phi) is 4.62. The van der Waals surface area contributed by atoms with Crippen molar-refractivity contribution in [3.63, 3.8) is 0 Å². The first kappa shape index (κ1) is 14.4. The Morgan fingerprint density at radius 2 is 2.10 bits per heavy atom. The molecule has 20 heavy (non-hydrogen) atoms. The summed E-state index contributed by atoms with van der Waals surface area (Å²) in [5, 5.41) is 11.6. The summed E-state index contributed by atoms with van der Waals surface area (Å²) in [6.45, 7) is 4.10. The van der Waals surface area contributed by atoms with E-state index in [1.165, 1.54) is 0 Å². The number of carbonyl (C=O) groups is 2. The van der Waals surface area contributed by atoms with Crippen molar-refractivity contribution >= 4 is 12.0 Å². The summed E-state index contributed by atoms with van der Waals surface area (Å²) in [5.41, 5.74) is 0. The van der Waals surface area contributed by atoms with Crippen molar-refractivity contribution in [2.24, 2.45) is 0 Å². The monoisotopic (exact) mass is 281 g/mol. The second kappa shape index (κ2) is 6.42. The molecule has 2 heterocycles. The van der Waals surface area contributed by atoms with E-state index in [0.29, 0.717) is 31.9 Å². The van der Waals surface area contributed by atoms with Crippen LogP contribution < -0.4 is 5.32 Å². The van der Waals surface area contributed by atoms with Crippen LogP contribution >= 0.6 is 0 Å². The molecule has 0 spiro atoms. The molecule has 1 atom stereocenters. The smallest absolute Gasteiger partial charge is 0.318 e. The summed E-state index contributed by atoms with van der Waals surface area (Å²) in [4.78, 5) is 26.2. The van der Waals surface area contributed by atoms with Crippen molar-refractivity contribution in [2.75, 3.05) is 32.7 Å². The van der Waals surface area contributed by atoms with Gasteiger partial charge in [-0.15, -0.1) is 0 Å². The van der Waals surface area contributed by atoms with Gasteiger partial charge in [-0.1, -0.05) is 0 Å². The molecule has 7 nitrogen and oxygen atoms in total. The Morgan fingerprint density at radius 3 is 2.65 bits per heavy atom. The van der Waals surface area contributed by atoms with Crippen LogP contribution in [0.4, 0.5) is 4.79 Å². The van der Waals surface area contributed by atoms with E-state index in [9.17, 15) is 9.59 Å². The van der Waals surface area contributed by atoms with Crippen LogP contribution in [-0.2, 0) is 4.79 Å². The Morgan fingerprint density at radius 1 is 1.40 bits per heavy atom. The highest BCUT2D eigenvalue weighted by Gasteiger charge is 2.23. The van der Waals surface area contributed by atoms with E-state index < -0.39 is 5.97 Å². The fraction of sp³-hybridized carbons (Fsp3) is 0.538. The number of rotatable bonds is 4. The molecular formula is C13H19N3O4. The lowest BCUT2D eigenvalue weighted by Crippen LogP contribution is -2.52. The van der Waals surface area contributed by atoms with Crippen LogP contribution in [-0.4, -0.2) is 59.6 Å². The fourth-order valence-corrected chi connectivity index (χ4v) is 2.19. The molecule has 7 heteroatoms. The van der Waals surface area contributed by atoms with E-state index in [2.05, 4.69) is 5.32 Å². The van der Waals surface area contributed by atoms with Crippen molar-refractivity contribution in [3.05, 3.63) is 24.2 Å². The molecular weight excluding hydrogens is 262 g/mol. The normalized spacial score (nSPS) is 17.8. The lowest BCUT2D eigenvalue weighted by molar-refractivity contribution is -0.138. The van der Waals surface area contributed by atoms with Gasteiger partial charge in [0.1, 0.15) is 5.76 Å². The largest absolute Gasteiger partial charge is 0.480 e. The van der Waals surface area contributed by atoms with Crippen LogP contribution in [0.25, 0.3) is 0 Å². The first-order valence-electron chi connectivity index (χ1n) is 6.59. The van der Waals surface area contributed by atoms with Crippen LogP contribution in [0, 0.1) is 0 Å². The molecule has 1 aromatic heterocycles. The Hall–Kier alpha value is -2.02. The number of carbonyl (C=O) groups excluding carboxylic acids is 1. The number of nitrogens with zero attached hydrogens (tertiary/aromatic N) is 2. The SMILES string of the molecule is CC(NC(=O)N1CCN(CC(=O)O)CC1)c1ccco1. The average molecular weight is 281 g/mol. The molecule has 0 aliphatic carbocycles. The van der Waals surface area contributed by atoms with Gasteiger partial charge in [-0.2, -0.15) is 0 Å². The number of furan rings is 1. The second-order valence-corrected chi connectivity index (χ2v) is 4.84. The second-order valence-electron chi connectivity index (χ2n) is 4.84. The zero-order valence-electron chi connectivity index (χ0n) is 11.4. The van der Waals surface area contributed by atoms with E-state index in [0.717, 1.165) is 0 Å². The van der Waals surface area contributed by atoms with E-state index in [-0.39, 0.29) is 18.6 Å². The topological polar surface area (TPSA) is 86.0 Å². The lowest BCUT2D eigenvalue weighted by Gasteiger charge is -2.34. The molecule has 1 saturated heterocycles. The zero-order chi connectivity index (χ0) is 14.5. The molecule has 0 radical (unpaired) electrons. The summed E-state index contributed by atoms with van der Waals surface area (Å²) in [5.74, 6) is -0.128. The van der Waals surface area contributed by atoms with Crippen LogP contribution in [0.3, 0.4) is 0 Å². The molecule has 1 fully saturated rings. The number of hydrogen-bond acceptors (Lipinski definition) is 4. The maximum Gasteiger partial charge on any atom is 0.318 e. The minimum atomic E-state index is -0.839. The van der Waals surface area contributed by atoms with E-state index in [4.69, 9.17) is 9.52 Å². The van der Waals surface area contributed by atoms with Crippen molar-refractivity contribution in [2.45, 2.75) is 13.0 Å². The van der Waals surface area contributed by atoms with E-state index >= 15 is 0 Å². The number of urea groups is 1. The Bertz CT molecular complexity index is 452. The highest BCUT2D eigenvalue weighted by atomic mass is 16.4. The molecule has 1 aliphatic heterocycles. The number of hydrogen-bond donors (Lipinski definition) is 2. The minimum absolute atomic E-state index is 0.0260. The molecule has 2 rings (SSSR count). The summed E-state index contributed by atoms with van der Waals surface area (Å²) in [7, 11) is 0. The zero-order valence-corrected chi connectivity index (χ0v) is 11.4. The Balaban J connectivity index is 1.78. The van der Waals surface area contributed by atoms with Crippen molar-refractivity contribution in [1.29, 1.82) is 0 Å². The van der Waals surface area contributed by atoms with Gasteiger partial charge in [0.25, 0.3) is 0 Å².